The van der Waals surface area contributed by atoms with Crippen LogP contribution in [0, 0.1) is 31.1 Å². The van der Waals surface area contributed by atoms with E-state index in [4.69, 9.17) is 0 Å². The summed E-state index contributed by atoms with van der Waals surface area (Å²) in [4.78, 5) is 27.9. The maximum absolute atomic E-state index is 13.8. The van der Waals surface area contributed by atoms with E-state index in [1.165, 1.54) is 11.8 Å². The quantitative estimate of drug-likeness (QED) is 0.632. The number of nitrogens with zero attached hydrogens (tertiary/aromatic N) is 1. The van der Waals surface area contributed by atoms with E-state index in [-0.39, 0.29) is 33.6 Å². The number of aryl methyl sites for hydroxylation is 2. The minimum atomic E-state index is -1.01. The summed E-state index contributed by atoms with van der Waals surface area (Å²) < 4.78 is 0. The number of aliphatic carboxylic acids is 1. The topological polar surface area (TPSA) is 77.8 Å². The average molecular weight is 456 g/mol. The molecule has 172 valence electrons. The number of aliphatic hydroxyl groups excluding tert-OH is 1. The van der Waals surface area contributed by atoms with Crippen LogP contribution in [0.25, 0.3) is 0 Å². The maximum Gasteiger partial charge on any atom is 0.344 e. The number of aliphatic hydroxyl groups is 1. The molecule has 1 unspecified atom stereocenters. The third-order valence-electron chi connectivity index (χ3n) is 5.86. The molecule has 1 heterocycles. The Morgan fingerprint density at radius 3 is 2.34 bits per heavy atom. The molecule has 2 aliphatic rings. The largest absolute Gasteiger partial charge is 0.477 e. The van der Waals surface area contributed by atoms with Gasteiger partial charge in [-0.1, -0.05) is 41.3 Å². The second-order valence-electron chi connectivity index (χ2n) is 9.87. The van der Waals surface area contributed by atoms with E-state index in [9.17, 15) is 19.8 Å². The van der Waals surface area contributed by atoms with Gasteiger partial charge in [-0.15, -0.1) is 0 Å². The third kappa shape index (κ3) is 5.76. The SMILES string of the molecule is Cc1ccc(C(=O)N(C2=C(C(=O)O)SC(C#CC(C)(C)C)C2)C2CCC(O)CC2)c(C)c1. The number of allylic oxidation sites excluding steroid dienone is 1. The molecule has 0 aromatic heterocycles. The Morgan fingerprint density at radius 2 is 1.78 bits per heavy atom. The minimum Gasteiger partial charge on any atom is -0.477 e. The molecule has 0 spiro atoms. The number of carbonyl (C=O) groups is 2. The summed E-state index contributed by atoms with van der Waals surface area (Å²) in [6.07, 6.45) is 2.58. The molecule has 0 bridgehead atoms. The molecule has 1 atom stereocenters. The maximum atomic E-state index is 13.8. The number of hydrogen-bond acceptors (Lipinski definition) is 4. The first-order chi connectivity index (χ1) is 15.0. The normalized spacial score (nSPS) is 23.5. The predicted octanol–water partition coefficient (Wildman–Crippen LogP) is 4.90. The van der Waals surface area contributed by atoms with Gasteiger partial charge in [0.05, 0.1) is 11.4 Å². The molecular weight excluding hydrogens is 422 g/mol. The molecule has 1 fully saturated rings. The van der Waals surface area contributed by atoms with E-state index in [1.807, 2.05) is 52.8 Å². The molecule has 5 nitrogen and oxygen atoms in total. The van der Waals surface area contributed by atoms with E-state index in [0.29, 0.717) is 43.4 Å². The van der Waals surface area contributed by atoms with Crippen molar-refractivity contribution in [3.63, 3.8) is 0 Å². The van der Waals surface area contributed by atoms with Crippen LogP contribution in [0.4, 0.5) is 0 Å². The Balaban J connectivity index is 2.02. The van der Waals surface area contributed by atoms with Crippen LogP contribution >= 0.6 is 11.8 Å². The molecule has 0 saturated heterocycles. The van der Waals surface area contributed by atoms with Gasteiger partial charge in [0.2, 0.25) is 0 Å². The molecule has 2 N–H and O–H groups in total. The number of hydrogen-bond donors (Lipinski definition) is 2. The molecule has 1 aromatic rings. The number of amides is 1. The molecule has 32 heavy (non-hydrogen) atoms. The minimum absolute atomic E-state index is 0.133. The van der Waals surface area contributed by atoms with Gasteiger partial charge < -0.3 is 15.1 Å². The molecule has 1 aliphatic heterocycles. The van der Waals surface area contributed by atoms with Gasteiger partial charge >= 0.3 is 5.97 Å². The summed E-state index contributed by atoms with van der Waals surface area (Å²) in [5.41, 5.74) is 2.92. The van der Waals surface area contributed by atoms with E-state index >= 15 is 0 Å². The summed E-state index contributed by atoms with van der Waals surface area (Å²) in [6.45, 7) is 9.97. The van der Waals surface area contributed by atoms with E-state index in [1.54, 1.807) is 4.90 Å². The van der Waals surface area contributed by atoms with E-state index in [2.05, 4.69) is 11.8 Å². The Bertz CT molecular complexity index is 987. The van der Waals surface area contributed by atoms with Crippen LogP contribution < -0.4 is 0 Å². The fourth-order valence-electron chi connectivity index (χ4n) is 4.29. The second-order valence-corrected chi connectivity index (χ2v) is 11.1. The van der Waals surface area contributed by atoms with Gasteiger partial charge in [0.15, 0.2) is 0 Å². The molecule has 0 radical (unpaired) electrons. The van der Waals surface area contributed by atoms with Crippen LogP contribution in [-0.2, 0) is 4.79 Å². The lowest BCUT2D eigenvalue weighted by Crippen LogP contribution is -2.43. The number of benzene rings is 1. The first-order valence-corrected chi connectivity index (χ1v) is 12.1. The summed E-state index contributed by atoms with van der Waals surface area (Å²) in [6, 6.07) is 5.59. The lowest BCUT2D eigenvalue weighted by atomic mass is 9.90. The van der Waals surface area contributed by atoms with Crippen molar-refractivity contribution in [2.24, 2.45) is 5.41 Å². The highest BCUT2D eigenvalue weighted by atomic mass is 32.2. The molecular formula is C26H33NO4S. The first-order valence-electron chi connectivity index (χ1n) is 11.2. The second kappa shape index (κ2) is 9.72. The highest BCUT2D eigenvalue weighted by Gasteiger charge is 2.39. The molecule has 1 aliphatic carbocycles. The fraction of sp³-hybridized carbons (Fsp3) is 0.538. The Kier molecular flexibility index (Phi) is 7.42. The number of carbonyl (C=O) groups excluding carboxylic acids is 1. The van der Waals surface area contributed by atoms with Crippen LogP contribution in [0.2, 0.25) is 0 Å². The number of carboxylic acid groups (broad SMARTS) is 1. The molecule has 6 heteroatoms. The van der Waals surface area contributed by atoms with Gasteiger partial charge in [0, 0.05) is 29.1 Å². The summed E-state index contributed by atoms with van der Waals surface area (Å²) in [5, 5.41) is 19.8. The van der Waals surface area contributed by atoms with Gasteiger partial charge in [-0.3, -0.25) is 4.79 Å². The third-order valence-corrected chi connectivity index (χ3v) is 7.07. The zero-order chi connectivity index (χ0) is 23.6. The Labute approximate surface area is 195 Å². The summed E-state index contributed by atoms with van der Waals surface area (Å²) >= 11 is 1.24. The van der Waals surface area contributed by atoms with Gasteiger partial charge in [-0.05, 0) is 71.9 Å². The summed E-state index contributed by atoms with van der Waals surface area (Å²) in [7, 11) is 0. The lowest BCUT2D eigenvalue weighted by molar-refractivity contribution is -0.131. The van der Waals surface area contributed by atoms with Crippen molar-refractivity contribution in [1.29, 1.82) is 0 Å². The number of carboxylic acids is 1. The molecule has 1 amide bonds. The van der Waals surface area contributed by atoms with Gasteiger partial charge in [0.1, 0.15) is 4.91 Å². The number of thioether (sulfide) groups is 1. The zero-order valence-corrected chi connectivity index (χ0v) is 20.4. The van der Waals surface area contributed by atoms with Crippen LogP contribution in [0.5, 0.6) is 0 Å². The van der Waals surface area contributed by atoms with Crippen molar-refractivity contribution in [2.75, 3.05) is 0 Å². The molecule has 1 aromatic carbocycles. The van der Waals surface area contributed by atoms with Crippen molar-refractivity contribution in [3.05, 3.63) is 45.5 Å². The van der Waals surface area contributed by atoms with Gasteiger partial charge in [0.25, 0.3) is 5.91 Å². The number of rotatable bonds is 4. The van der Waals surface area contributed by atoms with Crippen LogP contribution in [0.15, 0.2) is 28.8 Å². The summed E-state index contributed by atoms with van der Waals surface area (Å²) in [5.74, 6) is 5.27. The van der Waals surface area contributed by atoms with Crippen molar-refractivity contribution in [3.8, 4) is 11.8 Å². The highest BCUT2D eigenvalue weighted by Crippen LogP contribution is 2.42. The monoisotopic (exact) mass is 455 g/mol. The molecule has 3 rings (SSSR count). The van der Waals surface area contributed by atoms with Gasteiger partial charge in [-0.25, -0.2) is 4.79 Å². The van der Waals surface area contributed by atoms with E-state index in [0.717, 1.165) is 11.1 Å². The van der Waals surface area contributed by atoms with Crippen molar-refractivity contribution >= 4 is 23.6 Å². The van der Waals surface area contributed by atoms with E-state index < -0.39 is 5.97 Å². The lowest BCUT2D eigenvalue weighted by Gasteiger charge is -2.37. The Morgan fingerprint density at radius 1 is 1.12 bits per heavy atom. The predicted molar refractivity (Wildman–Crippen MR) is 128 cm³/mol. The standard InChI is InChI=1S/C26H33NO4S/c1-16-6-11-21(17(2)14-16)24(29)27(18-7-9-19(28)10-8-18)22-15-20(12-13-26(3,4)5)32-23(22)25(30)31/h6,11,14,18-20,28H,7-10,15H2,1-5H3,(H,30,31). The Hall–Kier alpha value is -2.23. The van der Waals surface area contributed by atoms with Crippen molar-refractivity contribution in [2.45, 2.75) is 84.1 Å². The van der Waals surface area contributed by atoms with Crippen LogP contribution in [-0.4, -0.2) is 44.4 Å². The smallest absolute Gasteiger partial charge is 0.344 e. The van der Waals surface area contributed by atoms with Crippen LogP contribution in [0.3, 0.4) is 0 Å². The van der Waals surface area contributed by atoms with Crippen molar-refractivity contribution in [1.82, 2.24) is 4.90 Å². The van der Waals surface area contributed by atoms with Crippen LogP contribution in [0.1, 0.15) is 74.4 Å². The highest BCUT2D eigenvalue weighted by molar-refractivity contribution is 8.05. The first kappa shape index (κ1) is 24.4. The van der Waals surface area contributed by atoms with Gasteiger partial charge in [-0.2, -0.15) is 0 Å². The fourth-order valence-corrected chi connectivity index (χ4v) is 5.35. The molecule has 1 saturated carbocycles. The van der Waals surface area contributed by atoms with Crippen molar-refractivity contribution < 1.29 is 19.8 Å². The zero-order valence-electron chi connectivity index (χ0n) is 19.6. The average Bonchev–Trinajstić information content (AvgIpc) is 3.12.